The lowest BCUT2D eigenvalue weighted by Crippen LogP contribution is -2.43. The van der Waals surface area contributed by atoms with Crippen molar-refractivity contribution in [1.82, 2.24) is 10.6 Å². The van der Waals surface area contributed by atoms with Crippen LogP contribution < -0.4 is 10.6 Å². The van der Waals surface area contributed by atoms with E-state index in [0.29, 0.717) is 12.6 Å². The zero-order valence-corrected chi connectivity index (χ0v) is 11.8. The van der Waals surface area contributed by atoms with Gasteiger partial charge >= 0.3 is 0 Å². The molecule has 2 N–H and O–H groups in total. The average molecular weight is 272 g/mol. The van der Waals surface area contributed by atoms with Crippen LogP contribution in [0, 0.1) is 5.92 Å². The average Bonchev–Trinajstić information content (AvgIpc) is 2.41. The summed E-state index contributed by atoms with van der Waals surface area (Å²) in [6, 6.07) is 0.319. The van der Waals surface area contributed by atoms with Gasteiger partial charge in [0.15, 0.2) is 0 Å². The molecule has 0 spiro atoms. The van der Waals surface area contributed by atoms with Crippen LogP contribution in [0.25, 0.3) is 0 Å². The number of carbonyl (C=O) groups is 1. The summed E-state index contributed by atoms with van der Waals surface area (Å²) in [5.41, 5.74) is 0. The lowest BCUT2D eigenvalue weighted by Gasteiger charge is -2.24. The number of thioether (sulfide) groups is 1. The van der Waals surface area contributed by atoms with Crippen molar-refractivity contribution in [3.63, 3.8) is 0 Å². The number of nitrogens with one attached hydrogen (secondary N) is 2. The first-order valence-corrected chi connectivity index (χ1v) is 8.15. The van der Waals surface area contributed by atoms with Crippen LogP contribution in [-0.2, 0) is 9.53 Å². The van der Waals surface area contributed by atoms with Gasteiger partial charge in [0.1, 0.15) is 0 Å². The number of hydrogen-bond acceptors (Lipinski definition) is 4. The fourth-order valence-electron chi connectivity index (χ4n) is 2.46. The molecule has 0 aromatic heterocycles. The lowest BCUT2D eigenvalue weighted by molar-refractivity contribution is -0.121. The molecule has 0 aromatic carbocycles. The standard InChI is InChI=1S/C13H24N2O2S/c16-13(15-12-1-5-17-6-2-12)10-14-9-11-3-7-18-8-4-11/h11-12,14H,1-10H2,(H,15,16). The Morgan fingerprint density at radius 3 is 2.61 bits per heavy atom. The van der Waals surface area contributed by atoms with Gasteiger partial charge in [-0.15, -0.1) is 0 Å². The summed E-state index contributed by atoms with van der Waals surface area (Å²) in [5.74, 6) is 3.45. The fraction of sp³-hybridized carbons (Fsp3) is 0.923. The molecule has 5 heteroatoms. The van der Waals surface area contributed by atoms with Crippen molar-refractivity contribution < 1.29 is 9.53 Å². The number of hydrogen-bond donors (Lipinski definition) is 2. The second kappa shape index (κ2) is 8.02. The van der Waals surface area contributed by atoms with E-state index in [4.69, 9.17) is 4.74 Å². The summed E-state index contributed by atoms with van der Waals surface area (Å²) in [6.45, 7) is 3.00. The first-order valence-electron chi connectivity index (χ1n) is 7.00. The van der Waals surface area contributed by atoms with Crippen LogP contribution in [0.3, 0.4) is 0 Å². The zero-order chi connectivity index (χ0) is 12.6. The molecule has 0 saturated carbocycles. The summed E-state index contributed by atoms with van der Waals surface area (Å²) in [6.07, 6.45) is 4.48. The van der Waals surface area contributed by atoms with Crippen molar-refractivity contribution in [3.05, 3.63) is 0 Å². The Bertz CT molecular complexity index is 251. The maximum absolute atomic E-state index is 11.7. The van der Waals surface area contributed by atoms with Crippen LogP contribution in [0.1, 0.15) is 25.7 Å². The Labute approximate surface area is 114 Å². The smallest absolute Gasteiger partial charge is 0.234 e. The van der Waals surface area contributed by atoms with Gasteiger partial charge in [-0.1, -0.05) is 0 Å². The van der Waals surface area contributed by atoms with Crippen molar-refractivity contribution in [2.75, 3.05) is 37.8 Å². The van der Waals surface area contributed by atoms with Crippen molar-refractivity contribution in [3.8, 4) is 0 Å². The Balaban J connectivity index is 1.53. The van der Waals surface area contributed by atoms with E-state index in [-0.39, 0.29) is 5.91 Å². The highest BCUT2D eigenvalue weighted by Crippen LogP contribution is 2.21. The maximum Gasteiger partial charge on any atom is 0.234 e. The van der Waals surface area contributed by atoms with E-state index in [2.05, 4.69) is 10.6 Å². The van der Waals surface area contributed by atoms with Gasteiger partial charge in [0.05, 0.1) is 6.54 Å². The molecule has 2 rings (SSSR count). The quantitative estimate of drug-likeness (QED) is 0.784. The Kier molecular flexibility index (Phi) is 6.31. The maximum atomic E-state index is 11.7. The molecule has 2 saturated heterocycles. The minimum absolute atomic E-state index is 0.132. The summed E-state index contributed by atoms with van der Waals surface area (Å²) in [7, 11) is 0. The molecule has 0 aliphatic carbocycles. The van der Waals surface area contributed by atoms with E-state index in [1.165, 1.54) is 24.3 Å². The predicted molar refractivity (Wildman–Crippen MR) is 74.9 cm³/mol. The molecule has 104 valence electrons. The lowest BCUT2D eigenvalue weighted by atomic mass is 10.0. The van der Waals surface area contributed by atoms with Crippen LogP contribution in [0.5, 0.6) is 0 Å². The topological polar surface area (TPSA) is 50.4 Å². The van der Waals surface area contributed by atoms with E-state index >= 15 is 0 Å². The molecule has 2 fully saturated rings. The van der Waals surface area contributed by atoms with Crippen molar-refractivity contribution in [2.24, 2.45) is 5.92 Å². The summed E-state index contributed by atoms with van der Waals surface area (Å²) >= 11 is 2.04. The first-order chi connectivity index (χ1) is 8.84. The molecular formula is C13H24N2O2S. The molecule has 0 bridgehead atoms. The highest BCUT2D eigenvalue weighted by atomic mass is 32.2. The minimum atomic E-state index is 0.132. The van der Waals surface area contributed by atoms with Gasteiger partial charge in [0.25, 0.3) is 0 Å². The van der Waals surface area contributed by atoms with Crippen LogP contribution >= 0.6 is 11.8 Å². The SMILES string of the molecule is O=C(CNCC1CCSCC1)NC1CCOCC1. The van der Waals surface area contributed by atoms with Gasteiger partial charge in [-0.3, -0.25) is 4.79 Å². The summed E-state index contributed by atoms with van der Waals surface area (Å²) in [4.78, 5) is 11.7. The third-order valence-electron chi connectivity index (χ3n) is 3.65. The number of amides is 1. The van der Waals surface area contributed by atoms with E-state index in [1.807, 2.05) is 11.8 Å². The molecule has 4 nitrogen and oxygen atoms in total. The van der Waals surface area contributed by atoms with Crippen LogP contribution in [0.15, 0.2) is 0 Å². The highest BCUT2D eigenvalue weighted by Gasteiger charge is 2.17. The third kappa shape index (κ3) is 5.16. The predicted octanol–water partition coefficient (Wildman–Crippen LogP) is 1.01. The molecule has 1 amide bonds. The van der Waals surface area contributed by atoms with E-state index in [9.17, 15) is 4.79 Å². The fourth-order valence-corrected chi connectivity index (χ4v) is 3.67. The molecule has 2 aliphatic rings. The molecule has 0 atom stereocenters. The van der Waals surface area contributed by atoms with Crippen molar-refractivity contribution in [2.45, 2.75) is 31.7 Å². The molecule has 2 heterocycles. The second-order valence-corrected chi connectivity index (χ2v) is 6.37. The summed E-state index contributed by atoms with van der Waals surface area (Å²) in [5, 5.41) is 6.36. The number of ether oxygens (including phenoxy) is 1. The van der Waals surface area contributed by atoms with E-state index in [0.717, 1.165) is 38.5 Å². The Morgan fingerprint density at radius 2 is 1.89 bits per heavy atom. The molecule has 18 heavy (non-hydrogen) atoms. The monoisotopic (exact) mass is 272 g/mol. The van der Waals surface area contributed by atoms with E-state index in [1.54, 1.807) is 0 Å². The molecule has 0 aromatic rings. The second-order valence-electron chi connectivity index (χ2n) is 5.14. The number of carbonyl (C=O) groups excluding carboxylic acids is 1. The first kappa shape index (κ1) is 14.2. The van der Waals surface area contributed by atoms with Crippen molar-refractivity contribution in [1.29, 1.82) is 0 Å². The van der Waals surface area contributed by atoms with Gasteiger partial charge in [0, 0.05) is 19.3 Å². The van der Waals surface area contributed by atoms with Gasteiger partial charge < -0.3 is 15.4 Å². The van der Waals surface area contributed by atoms with Gasteiger partial charge in [0.2, 0.25) is 5.91 Å². The van der Waals surface area contributed by atoms with Gasteiger partial charge in [-0.2, -0.15) is 11.8 Å². The number of rotatable bonds is 5. The van der Waals surface area contributed by atoms with Crippen LogP contribution in [-0.4, -0.2) is 49.8 Å². The van der Waals surface area contributed by atoms with Crippen LogP contribution in [0.4, 0.5) is 0 Å². The molecule has 0 radical (unpaired) electrons. The Morgan fingerprint density at radius 1 is 1.17 bits per heavy atom. The summed E-state index contributed by atoms with van der Waals surface area (Å²) < 4.78 is 5.27. The van der Waals surface area contributed by atoms with E-state index < -0.39 is 0 Å². The largest absolute Gasteiger partial charge is 0.381 e. The molecule has 0 unspecified atom stereocenters. The zero-order valence-electron chi connectivity index (χ0n) is 11.0. The highest BCUT2D eigenvalue weighted by molar-refractivity contribution is 7.99. The third-order valence-corrected chi connectivity index (χ3v) is 4.69. The normalized spacial score (nSPS) is 22.9. The van der Waals surface area contributed by atoms with Crippen LogP contribution in [0.2, 0.25) is 0 Å². The molecular weight excluding hydrogens is 248 g/mol. The van der Waals surface area contributed by atoms with Crippen molar-refractivity contribution >= 4 is 17.7 Å². The van der Waals surface area contributed by atoms with Gasteiger partial charge in [-0.05, 0) is 49.7 Å². The molecule has 2 aliphatic heterocycles. The Hall–Kier alpha value is -0.260. The minimum Gasteiger partial charge on any atom is -0.381 e. The van der Waals surface area contributed by atoms with Gasteiger partial charge in [-0.25, -0.2) is 0 Å².